The molecular formula is C17H22FN3OS. The van der Waals surface area contributed by atoms with E-state index in [1.807, 2.05) is 26.8 Å². The van der Waals surface area contributed by atoms with Gasteiger partial charge in [-0.25, -0.2) is 9.37 Å². The Kier molecular flexibility index (Phi) is 4.27. The molecule has 2 aromatic rings. The van der Waals surface area contributed by atoms with E-state index in [9.17, 15) is 9.18 Å². The van der Waals surface area contributed by atoms with E-state index < -0.39 is 0 Å². The number of para-hydroxylation sites is 1. The molecule has 1 aromatic heterocycles. The minimum Gasteiger partial charge on any atom is -0.351 e. The topological polar surface area (TPSA) is 45.2 Å². The summed E-state index contributed by atoms with van der Waals surface area (Å²) in [6.45, 7) is 7.47. The number of carbonyl (C=O) groups is 1. The fourth-order valence-electron chi connectivity index (χ4n) is 2.88. The Hall–Kier alpha value is -1.69. The lowest BCUT2D eigenvalue weighted by molar-refractivity contribution is -0.126. The summed E-state index contributed by atoms with van der Waals surface area (Å²) in [6.07, 6.45) is 1.83. The molecule has 23 heavy (non-hydrogen) atoms. The molecule has 6 heteroatoms. The van der Waals surface area contributed by atoms with Gasteiger partial charge in [0, 0.05) is 18.6 Å². The first-order chi connectivity index (χ1) is 10.8. The van der Waals surface area contributed by atoms with E-state index in [1.54, 1.807) is 6.07 Å². The highest BCUT2D eigenvalue weighted by Crippen LogP contribution is 2.32. The Morgan fingerprint density at radius 1 is 1.43 bits per heavy atom. The number of thiazole rings is 1. The van der Waals surface area contributed by atoms with Crippen LogP contribution in [0.5, 0.6) is 0 Å². The number of fused-ring (bicyclic) bond motifs is 1. The second-order valence-corrected chi connectivity index (χ2v) is 8.12. The van der Waals surface area contributed by atoms with Crippen molar-refractivity contribution in [1.82, 2.24) is 10.3 Å². The second-order valence-electron chi connectivity index (χ2n) is 7.11. The molecule has 0 aliphatic carbocycles. The zero-order valence-electron chi connectivity index (χ0n) is 13.7. The molecule has 1 aliphatic rings. The average Bonchev–Trinajstić information content (AvgIpc) is 2.91. The van der Waals surface area contributed by atoms with Crippen LogP contribution in [0.4, 0.5) is 9.52 Å². The number of halogens is 1. The summed E-state index contributed by atoms with van der Waals surface area (Å²) in [6, 6.07) is 5.02. The molecule has 1 fully saturated rings. The zero-order valence-corrected chi connectivity index (χ0v) is 14.5. The Morgan fingerprint density at radius 3 is 2.91 bits per heavy atom. The predicted molar refractivity (Wildman–Crippen MR) is 92.4 cm³/mol. The molecule has 0 spiro atoms. The molecule has 3 rings (SSSR count). The number of aromatic nitrogens is 1. The van der Waals surface area contributed by atoms with Crippen LogP contribution >= 0.6 is 11.3 Å². The predicted octanol–water partition coefficient (Wildman–Crippen LogP) is 3.57. The molecule has 1 aliphatic heterocycles. The van der Waals surface area contributed by atoms with E-state index in [4.69, 9.17) is 0 Å². The monoisotopic (exact) mass is 335 g/mol. The van der Waals surface area contributed by atoms with E-state index in [-0.39, 0.29) is 23.2 Å². The van der Waals surface area contributed by atoms with Gasteiger partial charge in [-0.2, -0.15) is 0 Å². The molecule has 0 bridgehead atoms. The molecule has 2 heterocycles. The number of rotatable bonds is 2. The van der Waals surface area contributed by atoms with Gasteiger partial charge in [-0.05, 0) is 45.7 Å². The van der Waals surface area contributed by atoms with Crippen molar-refractivity contribution in [3.05, 3.63) is 24.0 Å². The van der Waals surface area contributed by atoms with Crippen molar-refractivity contribution in [3.63, 3.8) is 0 Å². The molecule has 1 atom stereocenters. The minimum atomic E-state index is -0.288. The first-order valence-electron chi connectivity index (χ1n) is 7.95. The van der Waals surface area contributed by atoms with Gasteiger partial charge in [0.1, 0.15) is 11.3 Å². The largest absolute Gasteiger partial charge is 0.351 e. The van der Waals surface area contributed by atoms with Gasteiger partial charge in [0.2, 0.25) is 5.91 Å². The minimum absolute atomic E-state index is 0.0418. The summed E-state index contributed by atoms with van der Waals surface area (Å²) in [5, 5.41) is 3.86. The van der Waals surface area contributed by atoms with E-state index >= 15 is 0 Å². The fourth-order valence-corrected chi connectivity index (χ4v) is 3.89. The normalized spacial score (nSPS) is 19.1. The Balaban J connectivity index is 1.77. The van der Waals surface area contributed by atoms with Crippen LogP contribution in [0.15, 0.2) is 18.2 Å². The van der Waals surface area contributed by atoms with Gasteiger partial charge in [-0.3, -0.25) is 4.79 Å². The summed E-state index contributed by atoms with van der Waals surface area (Å²) in [5.74, 6) is -0.238. The molecule has 1 amide bonds. The lowest BCUT2D eigenvalue weighted by Gasteiger charge is -2.33. The van der Waals surface area contributed by atoms with Gasteiger partial charge in [-0.15, -0.1) is 0 Å². The third-order valence-electron chi connectivity index (χ3n) is 3.92. The van der Waals surface area contributed by atoms with Crippen LogP contribution in [-0.2, 0) is 4.79 Å². The summed E-state index contributed by atoms with van der Waals surface area (Å²) >= 11 is 1.49. The highest BCUT2D eigenvalue weighted by Gasteiger charge is 2.29. The maximum Gasteiger partial charge on any atom is 0.225 e. The molecule has 0 radical (unpaired) electrons. The van der Waals surface area contributed by atoms with Gasteiger partial charge >= 0.3 is 0 Å². The van der Waals surface area contributed by atoms with Gasteiger partial charge in [0.25, 0.3) is 0 Å². The molecule has 0 saturated carbocycles. The van der Waals surface area contributed by atoms with Crippen LogP contribution in [-0.4, -0.2) is 29.5 Å². The molecule has 4 nitrogen and oxygen atoms in total. The molecule has 124 valence electrons. The van der Waals surface area contributed by atoms with E-state index in [1.165, 1.54) is 17.4 Å². The molecule has 1 aromatic carbocycles. The summed E-state index contributed by atoms with van der Waals surface area (Å²) in [4.78, 5) is 19.0. The number of benzene rings is 1. The molecule has 1 saturated heterocycles. The van der Waals surface area contributed by atoms with Crippen molar-refractivity contribution in [1.29, 1.82) is 0 Å². The van der Waals surface area contributed by atoms with Gasteiger partial charge in [-0.1, -0.05) is 17.4 Å². The first kappa shape index (κ1) is 16.2. The highest BCUT2D eigenvalue weighted by atomic mass is 32.1. The Labute approximate surface area is 139 Å². The number of nitrogens with zero attached hydrogens (tertiary/aromatic N) is 2. The van der Waals surface area contributed by atoms with E-state index in [2.05, 4.69) is 15.2 Å². The molecular weight excluding hydrogens is 313 g/mol. The van der Waals surface area contributed by atoms with Gasteiger partial charge in [0.15, 0.2) is 5.13 Å². The van der Waals surface area contributed by atoms with E-state index in [0.717, 1.165) is 29.2 Å². The number of hydrogen-bond acceptors (Lipinski definition) is 4. The third-order valence-corrected chi connectivity index (χ3v) is 5.00. The fraction of sp³-hybridized carbons (Fsp3) is 0.529. The summed E-state index contributed by atoms with van der Waals surface area (Å²) in [5.41, 5.74) is 0.201. The Morgan fingerprint density at radius 2 is 2.22 bits per heavy atom. The SMILES string of the molecule is CC(C)(C)NC(=O)C1CCCN(c2nc3c(F)cccc3s2)C1. The van der Waals surface area contributed by atoms with Crippen LogP contribution in [0.2, 0.25) is 0 Å². The lowest BCUT2D eigenvalue weighted by atomic mass is 9.96. The quantitative estimate of drug-likeness (QED) is 0.912. The van der Waals surface area contributed by atoms with Crippen LogP contribution in [0.1, 0.15) is 33.6 Å². The number of hydrogen-bond donors (Lipinski definition) is 1. The number of amides is 1. The lowest BCUT2D eigenvalue weighted by Crippen LogP contribution is -2.48. The Bertz CT molecular complexity index is 722. The van der Waals surface area contributed by atoms with Crippen LogP contribution in [0.3, 0.4) is 0 Å². The first-order valence-corrected chi connectivity index (χ1v) is 8.77. The number of anilines is 1. The van der Waals surface area contributed by atoms with Crippen molar-refractivity contribution >= 4 is 32.6 Å². The number of nitrogens with one attached hydrogen (secondary N) is 1. The smallest absolute Gasteiger partial charge is 0.225 e. The van der Waals surface area contributed by atoms with Crippen molar-refractivity contribution in [3.8, 4) is 0 Å². The number of carbonyl (C=O) groups excluding carboxylic acids is 1. The molecule has 1 N–H and O–H groups in total. The molecule has 1 unspecified atom stereocenters. The third kappa shape index (κ3) is 3.63. The average molecular weight is 335 g/mol. The summed E-state index contributed by atoms with van der Waals surface area (Å²) in [7, 11) is 0. The maximum atomic E-state index is 13.8. The van der Waals surface area contributed by atoms with E-state index in [0.29, 0.717) is 12.1 Å². The standard InChI is InChI=1S/C17H22FN3OS/c1-17(2,3)20-15(22)11-6-5-9-21(10-11)16-19-14-12(18)7-4-8-13(14)23-16/h4,7-8,11H,5-6,9-10H2,1-3H3,(H,20,22). The van der Waals surface area contributed by atoms with Crippen LogP contribution in [0.25, 0.3) is 10.2 Å². The highest BCUT2D eigenvalue weighted by molar-refractivity contribution is 7.22. The van der Waals surface area contributed by atoms with Crippen molar-refractivity contribution < 1.29 is 9.18 Å². The van der Waals surface area contributed by atoms with Crippen molar-refractivity contribution in [2.24, 2.45) is 5.92 Å². The van der Waals surface area contributed by atoms with Crippen LogP contribution < -0.4 is 10.2 Å². The van der Waals surface area contributed by atoms with Gasteiger partial charge < -0.3 is 10.2 Å². The van der Waals surface area contributed by atoms with Gasteiger partial charge in [0.05, 0.1) is 10.6 Å². The maximum absolute atomic E-state index is 13.8. The second kappa shape index (κ2) is 6.07. The van der Waals surface area contributed by atoms with Crippen molar-refractivity contribution in [2.75, 3.05) is 18.0 Å². The number of piperidine rings is 1. The van der Waals surface area contributed by atoms with Crippen LogP contribution in [0, 0.1) is 11.7 Å². The van der Waals surface area contributed by atoms with Crippen molar-refractivity contribution in [2.45, 2.75) is 39.2 Å². The zero-order chi connectivity index (χ0) is 16.6. The summed E-state index contributed by atoms with van der Waals surface area (Å²) < 4.78 is 14.7.